The van der Waals surface area contributed by atoms with Crippen LogP contribution in [-0.2, 0) is 11.2 Å². The molecule has 0 spiro atoms. The fourth-order valence-electron chi connectivity index (χ4n) is 1.90. The number of benzene rings is 2. The molecule has 2 nitrogen and oxygen atoms in total. The number of hydrogen-bond donors (Lipinski definition) is 1. The molecule has 1 N–H and O–H groups in total. The lowest BCUT2D eigenvalue weighted by Crippen LogP contribution is -2.12. The second kappa shape index (κ2) is 6.53. The number of halogens is 1. The van der Waals surface area contributed by atoms with Crippen LogP contribution in [-0.4, -0.2) is 5.91 Å². The maximum atomic E-state index is 11.9. The first-order chi connectivity index (χ1) is 9.15. The Bertz CT molecular complexity index is 580. The highest BCUT2D eigenvalue weighted by Crippen LogP contribution is 2.21. The van der Waals surface area contributed by atoms with Gasteiger partial charge in [-0.3, -0.25) is 4.79 Å². The summed E-state index contributed by atoms with van der Waals surface area (Å²) in [5.74, 6) is 0.0356. The molecule has 2 aromatic rings. The Hall–Kier alpha value is -1.61. The summed E-state index contributed by atoms with van der Waals surface area (Å²) in [4.78, 5) is 11.9. The number of amides is 1. The first kappa shape index (κ1) is 13.8. The van der Waals surface area contributed by atoms with E-state index in [-0.39, 0.29) is 5.91 Å². The van der Waals surface area contributed by atoms with Gasteiger partial charge in [0.15, 0.2) is 0 Å². The third-order valence-electron chi connectivity index (χ3n) is 2.87. The molecule has 0 aliphatic carbocycles. The average molecular weight is 318 g/mol. The van der Waals surface area contributed by atoms with Crippen LogP contribution in [0, 0.1) is 6.92 Å². The van der Waals surface area contributed by atoms with Gasteiger partial charge in [0.05, 0.1) is 5.69 Å². The molecule has 0 bridgehead atoms. The zero-order chi connectivity index (χ0) is 13.7. The van der Waals surface area contributed by atoms with Crippen molar-refractivity contribution >= 4 is 27.5 Å². The first-order valence-corrected chi connectivity index (χ1v) is 7.04. The SMILES string of the molecule is Cc1cccc(CCC(=O)Nc2ccccc2Br)c1. The van der Waals surface area contributed by atoms with E-state index in [9.17, 15) is 4.79 Å². The molecular weight excluding hydrogens is 302 g/mol. The third kappa shape index (κ3) is 4.21. The van der Waals surface area contributed by atoms with Crippen LogP contribution in [0.3, 0.4) is 0 Å². The zero-order valence-electron chi connectivity index (χ0n) is 10.8. The van der Waals surface area contributed by atoms with Crippen LogP contribution in [0.25, 0.3) is 0 Å². The Morgan fingerprint density at radius 1 is 1.16 bits per heavy atom. The molecule has 98 valence electrons. The van der Waals surface area contributed by atoms with Crippen molar-refractivity contribution in [2.75, 3.05) is 5.32 Å². The van der Waals surface area contributed by atoms with Crippen LogP contribution in [0.15, 0.2) is 53.0 Å². The molecule has 0 heterocycles. The van der Waals surface area contributed by atoms with Gasteiger partial charge in [0.2, 0.25) is 5.91 Å². The Labute approximate surface area is 122 Å². The summed E-state index contributed by atoms with van der Waals surface area (Å²) in [6, 6.07) is 15.9. The van der Waals surface area contributed by atoms with Crippen molar-refractivity contribution in [2.24, 2.45) is 0 Å². The van der Waals surface area contributed by atoms with E-state index in [0.29, 0.717) is 6.42 Å². The summed E-state index contributed by atoms with van der Waals surface area (Å²) in [6.45, 7) is 2.06. The summed E-state index contributed by atoms with van der Waals surface area (Å²) in [7, 11) is 0. The Morgan fingerprint density at radius 3 is 2.68 bits per heavy atom. The molecule has 1 amide bonds. The molecule has 0 aromatic heterocycles. The fourth-order valence-corrected chi connectivity index (χ4v) is 2.28. The molecule has 19 heavy (non-hydrogen) atoms. The van der Waals surface area contributed by atoms with Gasteiger partial charge in [-0.25, -0.2) is 0 Å². The second-order valence-corrected chi connectivity index (χ2v) is 5.37. The number of hydrogen-bond acceptors (Lipinski definition) is 1. The van der Waals surface area contributed by atoms with Crippen LogP contribution in [0.1, 0.15) is 17.5 Å². The molecule has 2 aromatic carbocycles. The highest BCUT2D eigenvalue weighted by molar-refractivity contribution is 9.10. The monoisotopic (exact) mass is 317 g/mol. The van der Waals surface area contributed by atoms with Gasteiger partial charge in [-0.2, -0.15) is 0 Å². The van der Waals surface area contributed by atoms with Gasteiger partial charge in [-0.1, -0.05) is 42.0 Å². The van der Waals surface area contributed by atoms with Crippen LogP contribution in [0.5, 0.6) is 0 Å². The Morgan fingerprint density at radius 2 is 1.95 bits per heavy atom. The fraction of sp³-hybridized carbons (Fsp3) is 0.188. The predicted molar refractivity (Wildman–Crippen MR) is 82.3 cm³/mol. The molecular formula is C16H16BrNO. The van der Waals surface area contributed by atoms with Gasteiger partial charge in [-0.15, -0.1) is 0 Å². The minimum atomic E-state index is 0.0356. The molecule has 2 rings (SSSR count). The summed E-state index contributed by atoms with van der Waals surface area (Å²) in [5, 5.41) is 2.91. The van der Waals surface area contributed by atoms with E-state index in [1.807, 2.05) is 30.3 Å². The summed E-state index contributed by atoms with van der Waals surface area (Å²) in [6.07, 6.45) is 1.25. The number of para-hydroxylation sites is 1. The molecule has 0 radical (unpaired) electrons. The van der Waals surface area contributed by atoms with Gasteiger partial charge in [0.1, 0.15) is 0 Å². The lowest BCUT2D eigenvalue weighted by atomic mass is 10.1. The summed E-state index contributed by atoms with van der Waals surface area (Å²) < 4.78 is 0.902. The number of carbonyl (C=O) groups is 1. The smallest absolute Gasteiger partial charge is 0.224 e. The van der Waals surface area contributed by atoms with E-state index in [2.05, 4.69) is 46.4 Å². The quantitative estimate of drug-likeness (QED) is 0.893. The Kier molecular flexibility index (Phi) is 4.74. The van der Waals surface area contributed by atoms with Crippen LogP contribution < -0.4 is 5.32 Å². The predicted octanol–water partition coefficient (Wildman–Crippen LogP) is 4.33. The Balaban J connectivity index is 1.90. The zero-order valence-corrected chi connectivity index (χ0v) is 12.4. The van der Waals surface area contributed by atoms with E-state index >= 15 is 0 Å². The number of anilines is 1. The summed E-state index contributed by atoms with van der Waals surface area (Å²) in [5.41, 5.74) is 3.24. The van der Waals surface area contributed by atoms with E-state index in [0.717, 1.165) is 16.6 Å². The van der Waals surface area contributed by atoms with Crippen molar-refractivity contribution in [1.29, 1.82) is 0 Å². The van der Waals surface area contributed by atoms with Gasteiger partial charge in [0.25, 0.3) is 0 Å². The topological polar surface area (TPSA) is 29.1 Å². The van der Waals surface area contributed by atoms with Gasteiger partial charge in [0, 0.05) is 10.9 Å². The standard InChI is InChI=1S/C16H16BrNO/c1-12-5-4-6-13(11-12)9-10-16(19)18-15-8-3-2-7-14(15)17/h2-8,11H,9-10H2,1H3,(H,18,19). The highest BCUT2D eigenvalue weighted by Gasteiger charge is 2.05. The van der Waals surface area contributed by atoms with Crippen LogP contribution in [0.2, 0.25) is 0 Å². The summed E-state index contributed by atoms with van der Waals surface area (Å²) >= 11 is 3.42. The lowest BCUT2D eigenvalue weighted by Gasteiger charge is -2.07. The van der Waals surface area contributed by atoms with Gasteiger partial charge < -0.3 is 5.32 Å². The largest absolute Gasteiger partial charge is 0.325 e. The number of carbonyl (C=O) groups excluding carboxylic acids is 1. The first-order valence-electron chi connectivity index (χ1n) is 6.25. The van der Waals surface area contributed by atoms with E-state index in [1.165, 1.54) is 11.1 Å². The van der Waals surface area contributed by atoms with E-state index < -0.39 is 0 Å². The maximum Gasteiger partial charge on any atom is 0.224 e. The molecule has 0 saturated heterocycles. The molecule has 0 aliphatic heterocycles. The van der Waals surface area contributed by atoms with Crippen molar-refractivity contribution in [3.63, 3.8) is 0 Å². The normalized spacial score (nSPS) is 10.2. The van der Waals surface area contributed by atoms with Crippen molar-refractivity contribution < 1.29 is 4.79 Å². The molecule has 3 heteroatoms. The average Bonchev–Trinajstić information content (AvgIpc) is 2.39. The van der Waals surface area contributed by atoms with Crippen molar-refractivity contribution in [3.8, 4) is 0 Å². The van der Waals surface area contributed by atoms with Crippen molar-refractivity contribution in [1.82, 2.24) is 0 Å². The minimum absolute atomic E-state index is 0.0356. The minimum Gasteiger partial charge on any atom is -0.325 e. The number of aryl methyl sites for hydroxylation is 2. The lowest BCUT2D eigenvalue weighted by molar-refractivity contribution is -0.116. The van der Waals surface area contributed by atoms with E-state index in [4.69, 9.17) is 0 Å². The molecule has 0 aliphatic rings. The van der Waals surface area contributed by atoms with Crippen LogP contribution in [0.4, 0.5) is 5.69 Å². The third-order valence-corrected chi connectivity index (χ3v) is 3.56. The molecule has 0 unspecified atom stereocenters. The van der Waals surface area contributed by atoms with Crippen molar-refractivity contribution in [2.45, 2.75) is 19.8 Å². The molecule has 0 fully saturated rings. The number of nitrogens with one attached hydrogen (secondary N) is 1. The molecule has 0 saturated carbocycles. The van der Waals surface area contributed by atoms with Crippen molar-refractivity contribution in [3.05, 3.63) is 64.1 Å². The number of rotatable bonds is 4. The van der Waals surface area contributed by atoms with Gasteiger partial charge >= 0.3 is 0 Å². The molecule has 0 atom stereocenters. The van der Waals surface area contributed by atoms with Gasteiger partial charge in [-0.05, 0) is 47.0 Å². The van der Waals surface area contributed by atoms with Crippen LogP contribution >= 0.6 is 15.9 Å². The second-order valence-electron chi connectivity index (χ2n) is 4.52. The maximum absolute atomic E-state index is 11.9. The van der Waals surface area contributed by atoms with E-state index in [1.54, 1.807) is 0 Å². The highest BCUT2D eigenvalue weighted by atomic mass is 79.9.